The smallest absolute Gasteiger partial charge is 0.163 e. The van der Waals surface area contributed by atoms with Gasteiger partial charge in [0, 0.05) is 16.5 Å². The minimum atomic E-state index is -0.381. The number of hydrogen-bond acceptors (Lipinski definition) is 1. The highest BCUT2D eigenvalue weighted by Gasteiger charge is 2.14. The fourth-order valence-corrected chi connectivity index (χ4v) is 1.81. The van der Waals surface area contributed by atoms with Crippen molar-refractivity contribution in [2.75, 3.05) is 0 Å². The van der Waals surface area contributed by atoms with E-state index < -0.39 is 0 Å². The Morgan fingerprint density at radius 1 is 1.31 bits per heavy atom. The van der Waals surface area contributed by atoms with Crippen molar-refractivity contribution in [2.45, 2.75) is 33.6 Å². The maximum Gasteiger partial charge on any atom is 0.163 e. The number of carbonyl (C=O) groups excluding carboxylic acids is 1. The predicted octanol–water partition coefficient (Wildman–Crippen LogP) is 4.60. The molecule has 1 aromatic carbocycles. The van der Waals surface area contributed by atoms with Crippen molar-refractivity contribution in [3.05, 3.63) is 34.1 Å². The number of benzene rings is 1. The summed E-state index contributed by atoms with van der Waals surface area (Å²) in [5.41, 5.74) is 0.566. The predicted molar refractivity (Wildman–Crippen MR) is 67.1 cm³/mol. The summed E-state index contributed by atoms with van der Waals surface area (Å²) in [6.07, 6.45) is 1.26. The fourth-order valence-electron chi connectivity index (χ4n) is 1.35. The first kappa shape index (κ1) is 13.4. The van der Waals surface area contributed by atoms with Crippen LogP contribution in [0, 0.1) is 11.2 Å². The molecule has 1 nitrogen and oxygen atoms in total. The first-order valence-electron chi connectivity index (χ1n) is 5.27. The van der Waals surface area contributed by atoms with Crippen LogP contribution in [0.4, 0.5) is 4.39 Å². The normalized spacial score (nSPS) is 11.6. The highest BCUT2D eigenvalue weighted by Crippen LogP contribution is 2.23. The molecular weight excluding hydrogens is 271 g/mol. The zero-order valence-electron chi connectivity index (χ0n) is 9.81. The van der Waals surface area contributed by atoms with Gasteiger partial charge in [-0.15, -0.1) is 0 Å². The number of rotatable bonds is 3. The summed E-state index contributed by atoms with van der Waals surface area (Å²) in [7, 11) is 0. The maximum absolute atomic E-state index is 13.1. The van der Waals surface area contributed by atoms with Crippen LogP contribution in [0.2, 0.25) is 0 Å². The number of ketones is 1. The zero-order valence-corrected chi connectivity index (χ0v) is 11.4. The third-order valence-corrected chi connectivity index (χ3v) is 2.74. The van der Waals surface area contributed by atoms with Gasteiger partial charge in [-0.25, -0.2) is 4.39 Å². The lowest BCUT2D eigenvalue weighted by atomic mass is 9.88. The van der Waals surface area contributed by atoms with Crippen molar-refractivity contribution in [1.29, 1.82) is 0 Å². The lowest BCUT2D eigenvalue weighted by Crippen LogP contribution is -2.09. The average Bonchev–Trinajstić information content (AvgIpc) is 2.11. The van der Waals surface area contributed by atoms with Crippen molar-refractivity contribution >= 4 is 21.7 Å². The van der Waals surface area contributed by atoms with Crippen LogP contribution in [0.25, 0.3) is 0 Å². The number of halogens is 2. The Hall–Kier alpha value is -0.700. The first-order valence-corrected chi connectivity index (χ1v) is 6.06. The molecule has 0 aliphatic heterocycles. The molecule has 16 heavy (non-hydrogen) atoms. The Balaban J connectivity index is 2.73. The van der Waals surface area contributed by atoms with Gasteiger partial charge >= 0.3 is 0 Å². The number of carbonyl (C=O) groups is 1. The highest BCUT2D eigenvalue weighted by atomic mass is 79.9. The van der Waals surface area contributed by atoms with Crippen molar-refractivity contribution in [1.82, 2.24) is 0 Å². The van der Waals surface area contributed by atoms with Crippen LogP contribution < -0.4 is 0 Å². The Labute approximate surface area is 104 Å². The van der Waals surface area contributed by atoms with E-state index >= 15 is 0 Å². The Morgan fingerprint density at radius 2 is 1.94 bits per heavy atom. The quantitative estimate of drug-likeness (QED) is 0.743. The second-order valence-electron chi connectivity index (χ2n) is 5.14. The van der Waals surface area contributed by atoms with E-state index in [4.69, 9.17) is 0 Å². The van der Waals surface area contributed by atoms with Gasteiger partial charge in [-0.3, -0.25) is 4.79 Å². The third-order valence-electron chi connectivity index (χ3n) is 2.29. The summed E-state index contributed by atoms with van der Waals surface area (Å²) in [6.45, 7) is 6.26. The Kier molecular flexibility index (Phi) is 4.25. The van der Waals surface area contributed by atoms with E-state index in [1.165, 1.54) is 12.1 Å². The van der Waals surface area contributed by atoms with Crippen LogP contribution in [-0.4, -0.2) is 5.78 Å². The molecule has 0 heterocycles. The van der Waals surface area contributed by atoms with E-state index in [1.54, 1.807) is 6.07 Å². The molecule has 0 radical (unpaired) electrons. The molecule has 0 saturated heterocycles. The molecule has 1 rings (SSSR count). The monoisotopic (exact) mass is 286 g/mol. The Bertz CT molecular complexity index is 373. The summed E-state index contributed by atoms with van der Waals surface area (Å²) in [5, 5.41) is 0. The molecule has 0 N–H and O–H groups in total. The summed E-state index contributed by atoms with van der Waals surface area (Å²) in [4.78, 5) is 11.8. The van der Waals surface area contributed by atoms with E-state index in [0.29, 0.717) is 16.5 Å². The second kappa shape index (κ2) is 5.09. The van der Waals surface area contributed by atoms with Gasteiger partial charge in [0.15, 0.2) is 5.78 Å². The van der Waals surface area contributed by atoms with Gasteiger partial charge in [0.05, 0.1) is 0 Å². The molecule has 0 amide bonds. The molecular formula is C13H16BrFO. The molecule has 0 aliphatic carbocycles. The lowest BCUT2D eigenvalue weighted by Gasteiger charge is -2.17. The van der Waals surface area contributed by atoms with Crippen molar-refractivity contribution in [3.63, 3.8) is 0 Å². The van der Waals surface area contributed by atoms with Crippen LogP contribution in [0.3, 0.4) is 0 Å². The lowest BCUT2D eigenvalue weighted by molar-refractivity contribution is 0.0965. The maximum atomic E-state index is 13.1. The van der Waals surface area contributed by atoms with Gasteiger partial charge in [-0.1, -0.05) is 36.7 Å². The second-order valence-corrected chi connectivity index (χ2v) is 6.06. The SMILES string of the molecule is CC(C)(C)CCC(=O)c1cc(F)cc(Br)c1. The van der Waals surface area contributed by atoms with Crippen LogP contribution in [0.5, 0.6) is 0 Å². The van der Waals surface area contributed by atoms with E-state index in [1.807, 2.05) is 0 Å². The summed E-state index contributed by atoms with van der Waals surface area (Å²) < 4.78 is 13.7. The van der Waals surface area contributed by atoms with Gasteiger partial charge in [0.1, 0.15) is 5.82 Å². The minimum Gasteiger partial charge on any atom is -0.294 e. The topological polar surface area (TPSA) is 17.1 Å². The van der Waals surface area contributed by atoms with E-state index in [9.17, 15) is 9.18 Å². The van der Waals surface area contributed by atoms with Crippen molar-refractivity contribution in [3.8, 4) is 0 Å². The van der Waals surface area contributed by atoms with Gasteiger partial charge in [0.25, 0.3) is 0 Å². The molecule has 0 spiro atoms. The molecule has 0 aliphatic rings. The average molecular weight is 287 g/mol. The van der Waals surface area contributed by atoms with Gasteiger partial charge < -0.3 is 0 Å². The van der Waals surface area contributed by atoms with Gasteiger partial charge in [0.2, 0.25) is 0 Å². The largest absolute Gasteiger partial charge is 0.294 e. The van der Waals surface area contributed by atoms with Crippen molar-refractivity contribution < 1.29 is 9.18 Å². The standard InChI is InChI=1S/C13H16BrFO/c1-13(2,3)5-4-12(16)9-6-10(14)8-11(15)7-9/h6-8H,4-5H2,1-3H3. The molecule has 0 unspecified atom stereocenters. The van der Waals surface area contributed by atoms with Crippen LogP contribution >= 0.6 is 15.9 Å². The third kappa shape index (κ3) is 4.44. The highest BCUT2D eigenvalue weighted by molar-refractivity contribution is 9.10. The molecule has 1 aromatic rings. The summed E-state index contributed by atoms with van der Waals surface area (Å²) >= 11 is 3.18. The number of hydrogen-bond donors (Lipinski definition) is 0. The van der Waals surface area contributed by atoms with E-state index in [-0.39, 0.29) is 17.0 Å². The molecule has 0 saturated carbocycles. The minimum absolute atomic E-state index is 0.00451. The zero-order chi connectivity index (χ0) is 12.3. The molecule has 88 valence electrons. The molecule has 0 bridgehead atoms. The van der Waals surface area contributed by atoms with Crippen molar-refractivity contribution in [2.24, 2.45) is 5.41 Å². The molecule has 3 heteroatoms. The summed E-state index contributed by atoms with van der Waals surface area (Å²) in [5.74, 6) is -0.386. The van der Waals surface area contributed by atoms with Gasteiger partial charge in [-0.2, -0.15) is 0 Å². The summed E-state index contributed by atoms with van der Waals surface area (Å²) in [6, 6.07) is 4.30. The molecule has 0 aromatic heterocycles. The van der Waals surface area contributed by atoms with Crippen LogP contribution in [-0.2, 0) is 0 Å². The molecule has 0 fully saturated rings. The van der Waals surface area contributed by atoms with Crippen LogP contribution in [0.15, 0.2) is 22.7 Å². The van der Waals surface area contributed by atoms with E-state index in [2.05, 4.69) is 36.7 Å². The number of Topliss-reactive ketones (excluding diaryl/α,β-unsaturated/α-hetero) is 1. The first-order chi connectivity index (χ1) is 7.28. The van der Waals surface area contributed by atoms with Gasteiger partial charge in [-0.05, 0) is 30.0 Å². The van der Waals surface area contributed by atoms with E-state index in [0.717, 1.165) is 6.42 Å². The fraction of sp³-hybridized carbons (Fsp3) is 0.462. The van der Waals surface area contributed by atoms with Crippen LogP contribution in [0.1, 0.15) is 44.0 Å². The molecule has 0 atom stereocenters. The Morgan fingerprint density at radius 3 is 2.44 bits per heavy atom.